The summed E-state index contributed by atoms with van der Waals surface area (Å²) in [5.41, 5.74) is 3.12. The van der Waals surface area contributed by atoms with Crippen LogP contribution in [0.15, 0.2) is 34.9 Å². The van der Waals surface area contributed by atoms with Gasteiger partial charge in [-0.3, -0.25) is 9.59 Å². The molecule has 0 bridgehead atoms. The molecule has 2 atom stereocenters. The molecule has 8 heteroatoms. The molecule has 1 aromatic carbocycles. The van der Waals surface area contributed by atoms with Gasteiger partial charge in [0.05, 0.1) is 18.2 Å². The maximum absolute atomic E-state index is 13.2. The highest BCUT2D eigenvalue weighted by atomic mass is 16.5. The monoisotopic (exact) mass is 412 g/mol. The first-order chi connectivity index (χ1) is 14.4. The fourth-order valence-electron chi connectivity index (χ4n) is 4.37. The maximum Gasteiger partial charge on any atom is 0.245 e. The van der Waals surface area contributed by atoms with E-state index in [2.05, 4.69) is 29.1 Å². The van der Waals surface area contributed by atoms with Gasteiger partial charge in [-0.25, -0.2) is 0 Å². The van der Waals surface area contributed by atoms with Crippen molar-refractivity contribution in [1.82, 2.24) is 15.0 Å². The molecule has 2 amide bonds. The van der Waals surface area contributed by atoms with Gasteiger partial charge in [0.25, 0.3) is 0 Å². The van der Waals surface area contributed by atoms with E-state index in [0.717, 1.165) is 13.1 Å². The number of likely N-dealkylation sites (tertiary alicyclic amines) is 1. The van der Waals surface area contributed by atoms with Gasteiger partial charge in [-0.15, -0.1) is 0 Å². The molecule has 4 rings (SSSR count). The van der Waals surface area contributed by atoms with Crippen molar-refractivity contribution in [1.29, 1.82) is 0 Å². The van der Waals surface area contributed by atoms with Crippen LogP contribution >= 0.6 is 0 Å². The third kappa shape index (κ3) is 4.18. The molecule has 8 nitrogen and oxygen atoms in total. The normalized spacial score (nSPS) is 21.9. The number of aliphatic hydroxyl groups excluding tert-OH is 1. The van der Waals surface area contributed by atoms with Crippen molar-refractivity contribution in [2.45, 2.75) is 38.8 Å². The zero-order valence-corrected chi connectivity index (χ0v) is 17.5. The summed E-state index contributed by atoms with van der Waals surface area (Å²) in [4.78, 5) is 31.6. The Hall–Kier alpha value is -2.87. The summed E-state index contributed by atoms with van der Waals surface area (Å²) >= 11 is 0. The molecule has 3 heterocycles. The van der Waals surface area contributed by atoms with Crippen molar-refractivity contribution in [2.75, 3.05) is 37.6 Å². The lowest BCUT2D eigenvalue weighted by atomic mass is 10.1. The lowest BCUT2D eigenvalue weighted by Gasteiger charge is -2.38. The van der Waals surface area contributed by atoms with Gasteiger partial charge in [0.1, 0.15) is 11.8 Å². The van der Waals surface area contributed by atoms with Gasteiger partial charge in [0.15, 0.2) is 0 Å². The number of β-amino-alcohol motifs (C(OH)–C–C–N with tert-alkyl or cyclic N) is 1. The number of rotatable bonds is 4. The van der Waals surface area contributed by atoms with Crippen molar-refractivity contribution < 1.29 is 19.2 Å². The van der Waals surface area contributed by atoms with Crippen LogP contribution in [0.25, 0.3) is 0 Å². The lowest BCUT2D eigenvalue weighted by Crippen LogP contribution is -2.54. The van der Waals surface area contributed by atoms with Gasteiger partial charge in [-0.05, 0) is 25.5 Å². The molecule has 30 heavy (non-hydrogen) atoms. The van der Waals surface area contributed by atoms with E-state index in [4.69, 9.17) is 4.52 Å². The van der Waals surface area contributed by atoms with Crippen LogP contribution in [0.2, 0.25) is 0 Å². The molecule has 160 valence electrons. The van der Waals surface area contributed by atoms with Gasteiger partial charge in [-0.1, -0.05) is 23.4 Å². The molecule has 1 N–H and O–H groups in total. The third-order valence-electron chi connectivity index (χ3n) is 5.93. The number of hydrogen-bond donors (Lipinski definition) is 1. The minimum atomic E-state index is -0.687. The highest BCUT2D eigenvalue weighted by molar-refractivity contribution is 5.89. The van der Waals surface area contributed by atoms with Crippen LogP contribution < -0.4 is 4.90 Å². The lowest BCUT2D eigenvalue weighted by molar-refractivity contribution is -0.143. The van der Waals surface area contributed by atoms with Crippen LogP contribution in [0.1, 0.15) is 23.4 Å². The number of aryl methyl sites for hydroxylation is 2. The van der Waals surface area contributed by atoms with Crippen LogP contribution in [0, 0.1) is 13.8 Å². The summed E-state index contributed by atoms with van der Waals surface area (Å²) < 4.78 is 5.14. The molecule has 1 aromatic heterocycles. The number of piperazine rings is 1. The topological polar surface area (TPSA) is 90.1 Å². The molecule has 2 saturated heterocycles. The summed E-state index contributed by atoms with van der Waals surface area (Å²) in [6, 6.07) is 9.33. The van der Waals surface area contributed by atoms with Crippen molar-refractivity contribution in [3.63, 3.8) is 0 Å². The molecule has 0 unspecified atom stereocenters. The molecule has 2 aromatic rings. The smallest absolute Gasteiger partial charge is 0.245 e. The number of aliphatic hydroxyl groups is 1. The van der Waals surface area contributed by atoms with Gasteiger partial charge < -0.3 is 24.3 Å². The van der Waals surface area contributed by atoms with Crippen LogP contribution in [0.5, 0.6) is 0 Å². The van der Waals surface area contributed by atoms with E-state index in [0.29, 0.717) is 24.5 Å². The summed E-state index contributed by atoms with van der Waals surface area (Å²) in [5.74, 6) is 0.162. The summed E-state index contributed by atoms with van der Waals surface area (Å²) in [7, 11) is 0. The Morgan fingerprint density at radius 3 is 2.57 bits per heavy atom. The molecule has 2 fully saturated rings. The van der Waals surface area contributed by atoms with Crippen LogP contribution in [-0.2, 0) is 16.0 Å². The standard InChI is InChI=1S/C22H28N4O4/c1-15-5-3-4-6-19(15)24-7-9-25(10-8-24)22(29)20-12-17(27)14-26(20)21(28)13-18-11-16(2)23-30-18/h3-6,11,17,20,27H,7-10,12-14H2,1-2H3/t17-,20+/m1/s1. The number of hydrogen-bond acceptors (Lipinski definition) is 6. The van der Waals surface area contributed by atoms with Crippen LogP contribution in [0.4, 0.5) is 5.69 Å². The quantitative estimate of drug-likeness (QED) is 0.810. The fraction of sp³-hybridized carbons (Fsp3) is 0.500. The first kappa shape index (κ1) is 20.4. The number of benzene rings is 1. The maximum atomic E-state index is 13.2. The zero-order valence-electron chi connectivity index (χ0n) is 17.5. The third-order valence-corrected chi connectivity index (χ3v) is 5.93. The molecule has 0 radical (unpaired) electrons. The molecule has 0 spiro atoms. The Bertz CT molecular complexity index is 919. The predicted octanol–water partition coefficient (Wildman–Crippen LogP) is 1.14. The second-order valence-electron chi connectivity index (χ2n) is 8.16. The van der Waals surface area contributed by atoms with E-state index >= 15 is 0 Å². The first-order valence-corrected chi connectivity index (χ1v) is 10.4. The Labute approximate surface area is 176 Å². The Kier molecular flexibility index (Phi) is 5.76. The Balaban J connectivity index is 1.39. The SMILES string of the molecule is Cc1cc(CC(=O)N2C[C@H](O)C[C@H]2C(=O)N2CCN(c3ccccc3C)CC2)on1. The predicted molar refractivity (Wildman–Crippen MR) is 111 cm³/mol. The largest absolute Gasteiger partial charge is 0.391 e. The van der Waals surface area contributed by atoms with E-state index in [9.17, 15) is 14.7 Å². The van der Waals surface area contributed by atoms with E-state index in [1.807, 2.05) is 17.0 Å². The van der Waals surface area contributed by atoms with E-state index < -0.39 is 12.1 Å². The number of carbonyl (C=O) groups excluding carboxylic acids is 2. The number of anilines is 1. The fourth-order valence-corrected chi connectivity index (χ4v) is 4.37. The summed E-state index contributed by atoms with van der Waals surface area (Å²) in [6.45, 7) is 6.75. The van der Waals surface area contributed by atoms with Crippen molar-refractivity contribution in [3.05, 3.63) is 47.3 Å². The molecule has 0 aliphatic carbocycles. The molecular formula is C22H28N4O4. The highest BCUT2D eigenvalue weighted by Gasteiger charge is 2.41. The minimum Gasteiger partial charge on any atom is -0.391 e. The highest BCUT2D eigenvalue weighted by Crippen LogP contribution is 2.24. The second kappa shape index (κ2) is 8.47. The Morgan fingerprint density at radius 1 is 1.17 bits per heavy atom. The number of amides is 2. The van der Waals surface area contributed by atoms with E-state index in [-0.39, 0.29) is 31.2 Å². The average Bonchev–Trinajstić information content (AvgIpc) is 3.33. The minimum absolute atomic E-state index is 0.0401. The molecule has 2 aliphatic rings. The van der Waals surface area contributed by atoms with Gasteiger partial charge in [0.2, 0.25) is 11.8 Å². The van der Waals surface area contributed by atoms with Gasteiger partial charge >= 0.3 is 0 Å². The van der Waals surface area contributed by atoms with Crippen molar-refractivity contribution in [3.8, 4) is 0 Å². The first-order valence-electron chi connectivity index (χ1n) is 10.4. The van der Waals surface area contributed by atoms with Crippen molar-refractivity contribution in [2.24, 2.45) is 0 Å². The molecule has 2 aliphatic heterocycles. The Morgan fingerprint density at radius 2 is 1.90 bits per heavy atom. The number of para-hydroxylation sites is 1. The van der Waals surface area contributed by atoms with Crippen molar-refractivity contribution >= 4 is 17.5 Å². The number of aromatic nitrogens is 1. The van der Waals surface area contributed by atoms with E-state index in [1.54, 1.807) is 13.0 Å². The second-order valence-corrected chi connectivity index (χ2v) is 8.16. The molecular weight excluding hydrogens is 384 g/mol. The average molecular weight is 412 g/mol. The summed E-state index contributed by atoms with van der Waals surface area (Å²) in [5, 5.41) is 14.0. The van der Waals surface area contributed by atoms with Crippen LogP contribution in [-0.4, -0.2) is 76.7 Å². The number of carbonyl (C=O) groups is 2. The zero-order chi connectivity index (χ0) is 21.3. The number of nitrogens with zero attached hydrogens (tertiary/aromatic N) is 4. The van der Waals surface area contributed by atoms with Gasteiger partial charge in [-0.2, -0.15) is 0 Å². The molecule has 0 saturated carbocycles. The summed E-state index contributed by atoms with van der Waals surface area (Å²) in [6.07, 6.45) is -0.372. The van der Waals surface area contributed by atoms with Crippen LogP contribution in [0.3, 0.4) is 0 Å². The van der Waals surface area contributed by atoms with E-state index in [1.165, 1.54) is 16.2 Å². The van der Waals surface area contributed by atoms with Gasteiger partial charge in [0, 0.05) is 50.9 Å².